The number of aromatic nitrogens is 1. The molecule has 1 aromatic rings. The molecule has 1 saturated heterocycles. The maximum atomic E-state index is 12.3. The number of methoxy groups -OCH3 is 1. The minimum absolute atomic E-state index is 0.0412. The van der Waals surface area contributed by atoms with E-state index in [9.17, 15) is 4.79 Å². The van der Waals surface area contributed by atoms with Crippen molar-refractivity contribution >= 4 is 11.8 Å². The third kappa shape index (κ3) is 3.56. The molecular weight excluding hydrogens is 270 g/mol. The van der Waals surface area contributed by atoms with Gasteiger partial charge in [-0.3, -0.25) is 0 Å². The molecule has 1 amide bonds. The van der Waals surface area contributed by atoms with Gasteiger partial charge in [0.15, 0.2) is 0 Å². The van der Waals surface area contributed by atoms with E-state index in [-0.39, 0.29) is 12.1 Å². The molecule has 0 radical (unpaired) electrons. The second-order valence-electron chi connectivity index (χ2n) is 6.20. The van der Waals surface area contributed by atoms with Gasteiger partial charge < -0.3 is 20.1 Å². The fourth-order valence-corrected chi connectivity index (χ4v) is 2.49. The highest BCUT2D eigenvalue weighted by atomic mass is 16.6. The van der Waals surface area contributed by atoms with Crippen LogP contribution in [0.2, 0.25) is 0 Å². The van der Waals surface area contributed by atoms with Gasteiger partial charge >= 0.3 is 6.09 Å². The molecule has 1 aromatic heterocycles. The van der Waals surface area contributed by atoms with E-state index in [4.69, 9.17) is 15.2 Å². The number of anilines is 1. The van der Waals surface area contributed by atoms with Gasteiger partial charge in [-0.2, -0.15) is 0 Å². The highest BCUT2D eigenvalue weighted by molar-refractivity contribution is 5.69. The van der Waals surface area contributed by atoms with Crippen LogP contribution < -0.4 is 10.5 Å². The van der Waals surface area contributed by atoms with Gasteiger partial charge in [-0.05, 0) is 45.2 Å². The van der Waals surface area contributed by atoms with E-state index in [1.807, 2.05) is 26.8 Å². The Bertz CT molecular complexity index is 525. The molecule has 116 valence electrons. The molecule has 1 unspecified atom stereocenters. The molecule has 1 fully saturated rings. The summed E-state index contributed by atoms with van der Waals surface area (Å²) in [6, 6.07) is 1.78. The van der Waals surface area contributed by atoms with Gasteiger partial charge in [0.05, 0.1) is 18.8 Å². The first-order valence-corrected chi connectivity index (χ1v) is 7.11. The number of nitrogens with two attached hydrogens (primary N) is 1. The number of nitrogens with zero attached hydrogens (tertiary/aromatic N) is 2. The molecule has 1 aliphatic heterocycles. The molecule has 1 aliphatic rings. The summed E-state index contributed by atoms with van der Waals surface area (Å²) in [7, 11) is 1.53. The van der Waals surface area contributed by atoms with Crippen molar-refractivity contribution in [3.05, 3.63) is 17.8 Å². The van der Waals surface area contributed by atoms with E-state index in [1.165, 1.54) is 7.11 Å². The fraction of sp³-hybridized carbons (Fsp3) is 0.600. The highest BCUT2D eigenvalue weighted by Gasteiger charge is 2.33. The predicted octanol–water partition coefficient (Wildman–Crippen LogP) is 2.74. The van der Waals surface area contributed by atoms with Crippen LogP contribution in [0.5, 0.6) is 5.88 Å². The van der Waals surface area contributed by atoms with E-state index in [0.717, 1.165) is 18.4 Å². The van der Waals surface area contributed by atoms with Crippen molar-refractivity contribution in [1.82, 2.24) is 9.88 Å². The summed E-state index contributed by atoms with van der Waals surface area (Å²) >= 11 is 0. The second kappa shape index (κ2) is 5.79. The van der Waals surface area contributed by atoms with E-state index in [2.05, 4.69) is 4.98 Å². The molecule has 0 bridgehead atoms. The number of pyridine rings is 1. The zero-order chi connectivity index (χ0) is 15.6. The summed E-state index contributed by atoms with van der Waals surface area (Å²) in [5, 5.41) is 0. The van der Waals surface area contributed by atoms with Crippen LogP contribution in [0.3, 0.4) is 0 Å². The number of amides is 1. The monoisotopic (exact) mass is 293 g/mol. The van der Waals surface area contributed by atoms with E-state index >= 15 is 0 Å². The molecule has 21 heavy (non-hydrogen) atoms. The minimum atomic E-state index is -0.499. The van der Waals surface area contributed by atoms with E-state index < -0.39 is 5.60 Å². The van der Waals surface area contributed by atoms with Crippen LogP contribution in [0, 0.1) is 0 Å². The summed E-state index contributed by atoms with van der Waals surface area (Å²) < 4.78 is 10.5. The second-order valence-corrected chi connectivity index (χ2v) is 6.20. The van der Waals surface area contributed by atoms with Gasteiger partial charge in [0.1, 0.15) is 5.60 Å². The summed E-state index contributed by atoms with van der Waals surface area (Å²) in [5.41, 5.74) is 6.79. The smallest absolute Gasteiger partial charge is 0.410 e. The molecule has 0 spiro atoms. The van der Waals surface area contributed by atoms with Crippen LogP contribution in [-0.4, -0.2) is 35.2 Å². The summed E-state index contributed by atoms with van der Waals surface area (Å²) in [6.07, 6.45) is 3.24. The van der Waals surface area contributed by atoms with Gasteiger partial charge in [-0.15, -0.1) is 0 Å². The number of hydrogen-bond donors (Lipinski definition) is 1. The van der Waals surface area contributed by atoms with Crippen molar-refractivity contribution in [2.24, 2.45) is 0 Å². The summed E-state index contributed by atoms with van der Waals surface area (Å²) in [5.74, 6) is 0.403. The molecule has 6 heteroatoms. The Labute approximate surface area is 125 Å². The Balaban J connectivity index is 2.18. The highest BCUT2D eigenvalue weighted by Crippen LogP contribution is 2.34. The van der Waals surface area contributed by atoms with Crippen LogP contribution >= 0.6 is 0 Å². The Hall–Kier alpha value is -1.98. The Kier molecular flexibility index (Phi) is 4.25. The lowest BCUT2D eigenvalue weighted by Gasteiger charge is -2.28. The maximum Gasteiger partial charge on any atom is 0.410 e. The first-order chi connectivity index (χ1) is 9.81. The number of hydrogen-bond acceptors (Lipinski definition) is 5. The first kappa shape index (κ1) is 15.4. The molecule has 6 nitrogen and oxygen atoms in total. The van der Waals surface area contributed by atoms with Crippen molar-refractivity contribution in [2.45, 2.75) is 45.3 Å². The average molecular weight is 293 g/mol. The van der Waals surface area contributed by atoms with Crippen molar-refractivity contribution in [3.63, 3.8) is 0 Å². The molecule has 0 aliphatic carbocycles. The van der Waals surface area contributed by atoms with Gasteiger partial charge in [-0.1, -0.05) is 0 Å². The number of likely N-dealkylation sites (tertiary alicyclic amines) is 1. The topological polar surface area (TPSA) is 77.7 Å². The minimum Gasteiger partial charge on any atom is -0.480 e. The zero-order valence-electron chi connectivity index (χ0n) is 13.0. The Morgan fingerprint density at radius 3 is 2.76 bits per heavy atom. The van der Waals surface area contributed by atoms with Gasteiger partial charge in [-0.25, -0.2) is 9.78 Å². The van der Waals surface area contributed by atoms with Crippen LogP contribution in [0.4, 0.5) is 10.5 Å². The third-order valence-corrected chi connectivity index (χ3v) is 3.36. The summed E-state index contributed by atoms with van der Waals surface area (Å²) in [4.78, 5) is 18.2. The van der Waals surface area contributed by atoms with Gasteiger partial charge in [0.25, 0.3) is 0 Å². The van der Waals surface area contributed by atoms with Crippen LogP contribution in [0.1, 0.15) is 45.2 Å². The molecule has 2 rings (SSSR count). The SMILES string of the molecule is COc1ncc(C2CCCN2C(=O)OC(C)(C)C)cc1N. The van der Waals surface area contributed by atoms with Crippen LogP contribution in [-0.2, 0) is 4.74 Å². The predicted molar refractivity (Wildman–Crippen MR) is 80.1 cm³/mol. The van der Waals surface area contributed by atoms with Crippen molar-refractivity contribution in [2.75, 3.05) is 19.4 Å². The third-order valence-electron chi connectivity index (χ3n) is 3.36. The first-order valence-electron chi connectivity index (χ1n) is 7.11. The quantitative estimate of drug-likeness (QED) is 0.907. The zero-order valence-corrected chi connectivity index (χ0v) is 13.0. The number of rotatable bonds is 2. The molecular formula is C15H23N3O3. The number of carbonyl (C=O) groups excluding carboxylic acids is 1. The number of ether oxygens (including phenoxy) is 2. The fourth-order valence-electron chi connectivity index (χ4n) is 2.49. The normalized spacial score (nSPS) is 18.7. The number of nitrogen functional groups attached to an aromatic ring is 1. The molecule has 1 atom stereocenters. The van der Waals surface area contributed by atoms with Crippen LogP contribution in [0.25, 0.3) is 0 Å². The molecule has 2 N–H and O–H groups in total. The lowest BCUT2D eigenvalue weighted by atomic mass is 10.1. The van der Waals surface area contributed by atoms with Crippen molar-refractivity contribution < 1.29 is 14.3 Å². The van der Waals surface area contributed by atoms with Crippen molar-refractivity contribution in [3.8, 4) is 5.88 Å². The Morgan fingerprint density at radius 2 is 2.19 bits per heavy atom. The lowest BCUT2D eigenvalue weighted by Crippen LogP contribution is -2.36. The summed E-state index contributed by atoms with van der Waals surface area (Å²) in [6.45, 7) is 6.28. The molecule has 0 saturated carbocycles. The van der Waals surface area contributed by atoms with Gasteiger partial charge in [0, 0.05) is 12.7 Å². The molecule has 0 aromatic carbocycles. The maximum absolute atomic E-state index is 12.3. The standard InChI is InChI=1S/C15H23N3O3/c1-15(2,3)21-14(19)18-7-5-6-12(18)10-8-11(16)13(20-4)17-9-10/h8-9,12H,5-7,16H2,1-4H3. The van der Waals surface area contributed by atoms with Crippen LogP contribution in [0.15, 0.2) is 12.3 Å². The molecule has 2 heterocycles. The van der Waals surface area contributed by atoms with Gasteiger partial charge in [0.2, 0.25) is 5.88 Å². The average Bonchev–Trinajstić information content (AvgIpc) is 2.85. The van der Waals surface area contributed by atoms with E-state index in [1.54, 1.807) is 11.1 Å². The lowest BCUT2D eigenvalue weighted by molar-refractivity contribution is 0.0224. The Morgan fingerprint density at radius 1 is 1.48 bits per heavy atom. The largest absolute Gasteiger partial charge is 0.480 e. The van der Waals surface area contributed by atoms with Crippen molar-refractivity contribution in [1.29, 1.82) is 0 Å². The van der Waals surface area contributed by atoms with E-state index in [0.29, 0.717) is 18.1 Å². The number of carbonyl (C=O) groups is 1.